The molecule has 1 aromatic rings. The highest BCUT2D eigenvalue weighted by atomic mass is 35.5. The SMILES string of the molecule is CCOC(=O)C1=NN[C@@H]2C(=O)N(c3ccc(Cl)c(Cl)c3)C(=O)[C@@H]12. The molecule has 1 fully saturated rings. The number of amides is 2. The highest BCUT2D eigenvalue weighted by Crippen LogP contribution is 2.34. The summed E-state index contributed by atoms with van der Waals surface area (Å²) in [7, 11) is 0. The zero-order chi connectivity index (χ0) is 16.7. The van der Waals surface area contributed by atoms with Crippen LogP contribution in [0.1, 0.15) is 6.92 Å². The highest BCUT2D eigenvalue weighted by molar-refractivity contribution is 6.47. The normalized spacial score (nSPS) is 22.7. The molecule has 1 aromatic carbocycles. The van der Waals surface area contributed by atoms with Gasteiger partial charge in [0.2, 0.25) is 5.91 Å². The molecule has 9 heteroatoms. The maximum absolute atomic E-state index is 12.6. The van der Waals surface area contributed by atoms with Gasteiger partial charge >= 0.3 is 5.97 Å². The lowest BCUT2D eigenvalue weighted by Crippen LogP contribution is -2.36. The first kappa shape index (κ1) is 15.8. The van der Waals surface area contributed by atoms with E-state index in [2.05, 4.69) is 10.5 Å². The van der Waals surface area contributed by atoms with Crippen molar-refractivity contribution in [3.8, 4) is 0 Å². The third-order valence-corrected chi connectivity index (χ3v) is 4.31. The fraction of sp³-hybridized carbons (Fsp3) is 0.286. The maximum atomic E-state index is 12.6. The van der Waals surface area contributed by atoms with Gasteiger partial charge in [0.05, 0.1) is 22.3 Å². The molecular weight excluding hydrogens is 345 g/mol. The van der Waals surface area contributed by atoms with Crippen LogP contribution in [-0.4, -0.2) is 36.1 Å². The van der Waals surface area contributed by atoms with E-state index in [4.69, 9.17) is 27.9 Å². The average molecular weight is 356 g/mol. The minimum Gasteiger partial charge on any atom is -0.461 e. The maximum Gasteiger partial charge on any atom is 0.355 e. The number of hydrogen-bond donors (Lipinski definition) is 1. The molecule has 0 aliphatic carbocycles. The Labute approximate surface area is 141 Å². The summed E-state index contributed by atoms with van der Waals surface area (Å²) in [5.41, 5.74) is 2.72. The number of carbonyl (C=O) groups is 3. The van der Waals surface area contributed by atoms with Crippen LogP contribution < -0.4 is 10.3 Å². The van der Waals surface area contributed by atoms with Crippen LogP contribution in [0.2, 0.25) is 10.0 Å². The van der Waals surface area contributed by atoms with E-state index in [0.29, 0.717) is 5.02 Å². The summed E-state index contributed by atoms with van der Waals surface area (Å²) in [4.78, 5) is 37.9. The molecule has 0 aromatic heterocycles. The van der Waals surface area contributed by atoms with Gasteiger partial charge in [-0.3, -0.25) is 15.0 Å². The molecule has 3 rings (SSSR count). The predicted molar refractivity (Wildman–Crippen MR) is 83.4 cm³/mol. The van der Waals surface area contributed by atoms with E-state index in [0.717, 1.165) is 4.90 Å². The Kier molecular flexibility index (Phi) is 3.99. The number of hydrogen-bond acceptors (Lipinski definition) is 6. The Hall–Kier alpha value is -2.12. The number of anilines is 1. The van der Waals surface area contributed by atoms with Gasteiger partial charge in [-0.05, 0) is 25.1 Å². The van der Waals surface area contributed by atoms with Crippen molar-refractivity contribution in [2.75, 3.05) is 11.5 Å². The number of ether oxygens (including phenoxy) is 1. The number of fused-ring (bicyclic) bond motifs is 1. The number of nitrogens with one attached hydrogen (secondary N) is 1. The molecular formula is C14H11Cl2N3O4. The van der Waals surface area contributed by atoms with Gasteiger partial charge in [-0.1, -0.05) is 23.2 Å². The second-order valence-corrected chi connectivity index (χ2v) is 5.73. The molecule has 2 atom stereocenters. The Morgan fingerprint density at radius 2 is 2.04 bits per heavy atom. The van der Waals surface area contributed by atoms with E-state index in [-0.39, 0.29) is 23.0 Å². The second-order valence-electron chi connectivity index (χ2n) is 4.91. The number of esters is 1. The number of rotatable bonds is 3. The number of hydrazone groups is 1. The minimum absolute atomic E-state index is 0.0993. The smallest absolute Gasteiger partial charge is 0.355 e. The summed E-state index contributed by atoms with van der Waals surface area (Å²) in [6, 6.07) is 3.49. The first-order valence-corrected chi connectivity index (χ1v) is 7.54. The van der Waals surface area contributed by atoms with Gasteiger partial charge in [0.25, 0.3) is 5.91 Å². The molecule has 1 saturated heterocycles. The lowest BCUT2D eigenvalue weighted by Gasteiger charge is -2.16. The molecule has 0 saturated carbocycles. The molecule has 0 spiro atoms. The van der Waals surface area contributed by atoms with Crippen molar-refractivity contribution in [1.82, 2.24) is 5.43 Å². The number of carbonyl (C=O) groups excluding carboxylic acids is 3. The molecule has 0 radical (unpaired) electrons. The molecule has 2 aliphatic heterocycles. The van der Waals surface area contributed by atoms with Gasteiger partial charge in [0, 0.05) is 0 Å². The Bertz CT molecular complexity index is 750. The minimum atomic E-state index is -1.00. The van der Waals surface area contributed by atoms with Crippen molar-refractivity contribution in [3.63, 3.8) is 0 Å². The number of benzene rings is 1. The highest BCUT2D eigenvalue weighted by Gasteiger charge is 2.55. The number of nitrogens with zero attached hydrogens (tertiary/aromatic N) is 2. The van der Waals surface area contributed by atoms with Gasteiger partial charge in [0.1, 0.15) is 12.0 Å². The zero-order valence-corrected chi connectivity index (χ0v) is 13.4. The van der Waals surface area contributed by atoms with Crippen LogP contribution in [0, 0.1) is 5.92 Å². The van der Waals surface area contributed by atoms with Crippen LogP contribution in [0.3, 0.4) is 0 Å². The van der Waals surface area contributed by atoms with E-state index in [1.54, 1.807) is 6.92 Å². The molecule has 2 heterocycles. The van der Waals surface area contributed by atoms with Crippen LogP contribution in [0.15, 0.2) is 23.3 Å². The van der Waals surface area contributed by atoms with Crippen molar-refractivity contribution >= 4 is 52.4 Å². The number of halogens is 2. The van der Waals surface area contributed by atoms with Gasteiger partial charge in [-0.25, -0.2) is 9.69 Å². The van der Waals surface area contributed by atoms with E-state index in [9.17, 15) is 14.4 Å². The fourth-order valence-electron chi connectivity index (χ4n) is 2.54. The lowest BCUT2D eigenvalue weighted by molar-refractivity contribution is -0.136. The van der Waals surface area contributed by atoms with Gasteiger partial charge < -0.3 is 4.74 Å². The molecule has 120 valence electrons. The average Bonchev–Trinajstić information content (AvgIpc) is 3.04. The number of imide groups is 1. The zero-order valence-electron chi connectivity index (χ0n) is 11.9. The largest absolute Gasteiger partial charge is 0.461 e. The first-order valence-electron chi connectivity index (χ1n) is 6.78. The second kappa shape index (κ2) is 5.82. The van der Waals surface area contributed by atoms with Gasteiger partial charge in [-0.15, -0.1) is 0 Å². The van der Waals surface area contributed by atoms with Gasteiger partial charge in [-0.2, -0.15) is 5.10 Å². The lowest BCUT2D eigenvalue weighted by atomic mass is 9.99. The Morgan fingerprint density at radius 3 is 2.70 bits per heavy atom. The van der Waals surface area contributed by atoms with E-state index in [1.165, 1.54) is 18.2 Å². The molecule has 7 nitrogen and oxygen atoms in total. The van der Waals surface area contributed by atoms with Crippen LogP contribution in [0.5, 0.6) is 0 Å². The first-order chi connectivity index (χ1) is 11.0. The van der Waals surface area contributed by atoms with Crippen molar-refractivity contribution < 1.29 is 19.1 Å². The summed E-state index contributed by atoms with van der Waals surface area (Å²) in [6.07, 6.45) is 0. The van der Waals surface area contributed by atoms with Crippen LogP contribution in [-0.2, 0) is 19.1 Å². The van der Waals surface area contributed by atoms with Crippen molar-refractivity contribution in [2.45, 2.75) is 13.0 Å². The van der Waals surface area contributed by atoms with E-state index < -0.39 is 29.7 Å². The monoisotopic (exact) mass is 355 g/mol. The Morgan fingerprint density at radius 1 is 1.30 bits per heavy atom. The van der Waals surface area contributed by atoms with Gasteiger partial charge in [0.15, 0.2) is 5.71 Å². The summed E-state index contributed by atoms with van der Waals surface area (Å²) < 4.78 is 4.86. The summed E-state index contributed by atoms with van der Waals surface area (Å²) in [5.74, 6) is -2.79. The molecule has 1 N–H and O–H groups in total. The molecule has 2 aliphatic rings. The summed E-state index contributed by atoms with van der Waals surface area (Å²) in [6.45, 7) is 1.79. The quantitative estimate of drug-likeness (QED) is 0.653. The van der Waals surface area contributed by atoms with Crippen molar-refractivity contribution in [2.24, 2.45) is 11.0 Å². The Balaban J connectivity index is 1.93. The third kappa shape index (κ3) is 2.46. The summed E-state index contributed by atoms with van der Waals surface area (Å²) >= 11 is 11.8. The van der Waals surface area contributed by atoms with Crippen LogP contribution >= 0.6 is 23.2 Å². The molecule has 0 unspecified atom stereocenters. The predicted octanol–water partition coefficient (Wildman–Crippen LogP) is 1.37. The van der Waals surface area contributed by atoms with E-state index in [1.807, 2.05) is 0 Å². The third-order valence-electron chi connectivity index (χ3n) is 3.57. The topological polar surface area (TPSA) is 88.1 Å². The molecule has 0 bridgehead atoms. The fourth-order valence-corrected chi connectivity index (χ4v) is 2.83. The van der Waals surface area contributed by atoms with Crippen LogP contribution in [0.4, 0.5) is 5.69 Å². The summed E-state index contributed by atoms with van der Waals surface area (Å²) in [5, 5.41) is 4.30. The molecule has 2 amide bonds. The van der Waals surface area contributed by atoms with Crippen LogP contribution in [0.25, 0.3) is 0 Å². The van der Waals surface area contributed by atoms with E-state index >= 15 is 0 Å². The standard InChI is InChI=1S/C14H11Cl2N3O4/c1-2-23-14(22)11-9-10(17-18-11)13(21)19(12(9)20)6-3-4-7(15)8(16)5-6/h3-5,9-10,17H,2H2,1H3/t9-,10+/m1/s1. The van der Waals surface area contributed by atoms with Crippen molar-refractivity contribution in [3.05, 3.63) is 28.2 Å². The molecule has 23 heavy (non-hydrogen) atoms. The van der Waals surface area contributed by atoms with Crippen molar-refractivity contribution in [1.29, 1.82) is 0 Å².